The van der Waals surface area contributed by atoms with Gasteiger partial charge in [-0.05, 0) is 5.92 Å². The smallest absolute Gasteiger partial charge is 0.339 e. The highest BCUT2D eigenvalue weighted by Gasteiger charge is 2.20. The van der Waals surface area contributed by atoms with Gasteiger partial charge in [0.1, 0.15) is 17.6 Å². The van der Waals surface area contributed by atoms with Crippen molar-refractivity contribution in [2.75, 3.05) is 18.5 Å². The van der Waals surface area contributed by atoms with E-state index in [0.29, 0.717) is 12.5 Å². The van der Waals surface area contributed by atoms with Crippen LogP contribution in [0, 0.1) is 16.0 Å². The van der Waals surface area contributed by atoms with E-state index in [0.717, 1.165) is 18.7 Å². The standard InChI is InChI=1S/C12H17N3O4/c1-4-8(2)7-14(3)11-10(12(16)17)5-9(6-13-11)15(18)19/h5-6,8H,4,7H2,1-3H3,(H,16,17). The van der Waals surface area contributed by atoms with E-state index < -0.39 is 10.9 Å². The number of anilines is 1. The molecule has 0 aliphatic heterocycles. The molecular weight excluding hydrogens is 250 g/mol. The normalized spacial score (nSPS) is 11.9. The van der Waals surface area contributed by atoms with Crippen molar-refractivity contribution in [3.63, 3.8) is 0 Å². The first-order chi connectivity index (χ1) is 8.86. The van der Waals surface area contributed by atoms with E-state index in [2.05, 4.69) is 4.98 Å². The van der Waals surface area contributed by atoms with Crippen LogP contribution in [0.15, 0.2) is 12.3 Å². The van der Waals surface area contributed by atoms with Crippen LogP contribution in [0.5, 0.6) is 0 Å². The molecule has 1 aromatic rings. The molecule has 0 fully saturated rings. The van der Waals surface area contributed by atoms with Gasteiger partial charge < -0.3 is 10.0 Å². The Balaban J connectivity index is 3.12. The highest BCUT2D eigenvalue weighted by Crippen LogP contribution is 2.22. The van der Waals surface area contributed by atoms with Crippen LogP contribution < -0.4 is 4.90 Å². The van der Waals surface area contributed by atoms with Crippen molar-refractivity contribution in [3.8, 4) is 0 Å². The Morgan fingerprint density at radius 3 is 2.74 bits per heavy atom. The number of hydrogen-bond acceptors (Lipinski definition) is 5. The van der Waals surface area contributed by atoms with Crippen LogP contribution in [0.25, 0.3) is 0 Å². The fourth-order valence-electron chi connectivity index (χ4n) is 1.69. The summed E-state index contributed by atoms with van der Waals surface area (Å²) in [5, 5.41) is 19.8. The average Bonchev–Trinajstić information content (AvgIpc) is 2.37. The molecule has 1 atom stereocenters. The Bertz CT molecular complexity index is 490. The first-order valence-electron chi connectivity index (χ1n) is 5.95. The lowest BCUT2D eigenvalue weighted by Gasteiger charge is -2.22. The molecule has 1 unspecified atom stereocenters. The molecule has 0 amide bonds. The highest BCUT2D eigenvalue weighted by molar-refractivity contribution is 5.94. The van der Waals surface area contributed by atoms with Gasteiger partial charge in [0.05, 0.1) is 4.92 Å². The fraction of sp³-hybridized carbons (Fsp3) is 0.500. The summed E-state index contributed by atoms with van der Waals surface area (Å²) in [7, 11) is 1.73. The van der Waals surface area contributed by atoms with Gasteiger partial charge in [0, 0.05) is 19.7 Å². The number of nitro groups is 1. The molecule has 0 bridgehead atoms. The average molecular weight is 267 g/mol. The maximum atomic E-state index is 11.2. The van der Waals surface area contributed by atoms with Gasteiger partial charge in [-0.1, -0.05) is 20.3 Å². The van der Waals surface area contributed by atoms with Crippen molar-refractivity contribution < 1.29 is 14.8 Å². The Labute approximate surface area is 111 Å². The van der Waals surface area contributed by atoms with Crippen LogP contribution in [0.2, 0.25) is 0 Å². The zero-order valence-electron chi connectivity index (χ0n) is 11.2. The van der Waals surface area contributed by atoms with E-state index in [-0.39, 0.29) is 17.1 Å². The third kappa shape index (κ3) is 3.64. The number of carboxylic acids is 1. The van der Waals surface area contributed by atoms with E-state index in [4.69, 9.17) is 5.11 Å². The quantitative estimate of drug-likeness (QED) is 0.626. The number of aromatic nitrogens is 1. The number of nitrogens with zero attached hydrogens (tertiary/aromatic N) is 3. The van der Waals surface area contributed by atoms with Gasteiger partial charge >= 0.3 is 5.97 Å². The van der Waals surface area contributed by atoms with Crippen LogP contribution in [0.3, 0.4) is 0 Å². The van der Waals surface area contributed by atoms with Crippen molar-refractivity contribution in [1.82, 2.24) is 4.98 Å². The summed E-state index contributed by atoms with van der Waals surface area (Å²) in [6.45, 7) is 4.73. The van der Waals surface area contributed by atoms with Crippen molar-refractivity contribution in [1.29, 1.82) is 0 Å². The third-order valence-electron chi connectivity index (χ3n) is 2.94. The topological polar surface area (TPSA) is 96.6 Å². The predicted molar refractivity (Wildman–Crippen MR) is 70.6 cm³/mol. The molecule has 0 aliphatic rings. The summed E-state index contributed by atoms with van der Waals surface area (Å²) >= 11 is 0. The number of hydrogen-bond donors (Lipinski definition) is 1. The van der Waals surface area contributed by atoms with Gasteiger partial charge in [0.25, 0.3) is 5.69 Å². The molecule has 0 aliphatic carbocycles. The summed E-state index contributed by atoms with van der Waals surface area (Å²) in [6, 6.07) is 1.04. The maximum absolute atomic E-state index is 11.2. The summed E-state index contributed by atoms with van der Waals surface area (Å²) in [5.41, 5.74) is -0.474. The van der Waals surface area contributed by atoms with E-state index in [1.807, 2.05) is 13.8 Å². The maximum Gasteiger partial charge on any atom is 0.339 e. The molecule has 1 heterocycles. The van der Waals surface area contributed by atoms with E-state index >= 15 is 0 Å². The molecule has 0 saturated heterocycles. The van der Waals surface area contributed by atoms with Crippen molar-refractivity contribution in [3.05, 3.63) is 27.9 Å². The Hall–Kier alpha value is -2.18. The van der Waals surface area contributed by atoms with Crippen molar-refractivity contribution in [2.45, 2.75) is 20.3 Å². The van der Waals surface area contributed by atoms with Gasteiger partial charge in [0.2, 0.25) is 0 Å². The fourth-order valence-corrected chi connectivity index (χ4v) is 1.69. The van der Waals surface area contributed by atoms with Gasteiger partial charge in [0.15, 0.2) is 0 Å². The lowest BCUT2D eigenvalue weighted by atomic mass is 10.1. The Kier molecular flexibility index (Phi) is 4.80. The van der Waals surface area contributed by atoms with Gasteiger partial charge in [-0.15, -0.1) is 0 Å². The van der Waals surface area contributed by atoms with Gasteiger partial charge in [-0.3, -0.25) is 10.1 Å². The lowest BCUT2D eigenvalue weighted by Crippen LogP contribution is -2.26. The molecular formula is C12H17N3O4. The van der Waals surface area contributed by atoms with Crippen molar-refractivity contribution in [2.24, 2.45) is 5.92 Å². The van der Waals surface area contributed by atoms with Crippen LogP contribution in [-0.2, 0) is 0 Å². The lowest BCUT2D eigenvalue weighted by molar-refractivity contribution is -0.385. The molecule has 0 spiro atoms. The molecule has 0 saturated carbocycles. The zero-order chi connectivity index (χ0) is 14.6. The van der Waals surface area contributed by atoms with Crippen LogP contribution in [0.4, 0.5) is 11.5 Å². The van der Waals surface area contributed by atoms with Gasteiger partial charge in [-0.25, -0.2) is 9.78 Å². The van der Waals surface area contributed by atoms with E-state index in [1.165, 1.54) is 0 Å². The molecule has 1 N–H and O–H groups in total. The molecule has 0 aromatic carbocycles. The number of pyridine rings is 1. The first kappa shape index (κ1) is 14.9. The molecule has 19 heavy (non-hydrogen) atoms. The van der Waals surface area contributed by atoms with E-state index in [1.54, 1.807) is 11.9 Å². The molecule has 7 nitrogen and oxygen atoms in total. The largest absolute Gasteiger partial charge is 0.478 e. The molecule has 1 aromatic heterocycles. The molecule has 104 valence electrons. The summed E-state index contributed by atoms with van der Waals surface area (Å²) in [4.78, 5) is 26.8. The first-order valence-corrected chi connectivity index (χ1v) is 5.95. The second kappa shape index (κ2) is 6.12. The summed E-state index contributed by atoms with van der Waals surface area (Å²) in [5.74, 6) is -0.593. The summed E-state index contributed by atoms with van der Waals surface area (Å²) < 4.78 is 0. The number of carbonyl (C=O) groups is 1. The van der Waals surface area contributed by atoms with Gasteiger partial charge in [-0.2, -0.15) is 0 Å². The minimum atomic E-state index is -1.22. The van der Waals surface area contributed by atoms with Crippen LogP contribution >= 0.6 is 0 Å². The third-order valence-corrected chi connectivity index (χ3v) is 2.94. The zero-order valence-corrected chi connectivity index (χ0v) is 11.2. The highest BCUT2D eigenvalue weighted by atomic mass is 16.6. The minimum absolute atomic E-state index is 0.153. The van der Waals surface area contributed by atoms with Crippen molar-refractivity contribution >= 4 is 17.5 Å². The molecule has 1 rings (SSSR count). The second-order valence-corrected chi connectivity index (χ2v) is 4.52. The second-order valence-electron chi connectivity index (χ2n) is 4.52. The number of aromatic carboxylic acids is 1. The summed E-state index contributed by atoms with van der Waals surface area (Å²) in [6.07, 6.45) is 2.04. The Morgan fingerprint density at radius 1 is 1.63 bits per heavy atom. The monoisotopic (exact) mass is 267 g/mol. The van der Waals surface area contributed by atoms with Crippen LogP contribution in [0.1, 0.15) is 30.6 Å². The minimum Gasteiger partial charge on any atom is -0.478 e. The number of rotatable bonds is 6. The van der Waals surface area contributed by atoms with E-state index in [9.17, 15) is 14.9 Å². The molecule has 7 heteroatoms. The molecule has 0 radical (unpaired) electrons. The predicted octanol–water partition coefficient (Wildman–Crippen LogP) is 2.17. The van der Waals surface area contributed by atoms with Crippen LogP contribution in [-0.4, -0.2) is 34.6 Å². The number of carboxylic acid groups (broad SMARTS) is 1. The SMILES string of the molecule is CCC(C)CN(C)c1ncc([N+](=O)[O-])cc1C(=O)O. The Morgan fingerprint density at radius 2 is 2.26 bits per heavy atom.